The van der Waals surface area contributed by atoms with Gasteiger partial charge in [0.05, 0.1) is 0 Å². The van der Waals surface area contributed by atoms with Crippen LogP contribution in [0.2, 0.25) is 0 Å². The molecule has 2 unspecified atom stereocenters. The second-order valence-corrected chi connectivity index (χ2v) is 5.86. The zero-order valence-electron chi connectivity index (χ0n) is 12.6. The number of hydrogen-bond acceptors (Lipinski definition) is 4. The molecule has 2 atom stereocenters. The number of nitrogens with one attached hydrogen (secondary N) is 1. The highest BCUT2D eigenvalue weighted by atomic mass is 19.1. The normalized spacial score (nSPS) is 22.9. The summed E-state index contributed by atoms with van der Waals surface area (Å²) < 4.78 is 13.7. The summed E-state index contributed by atoms with van der Waals surface area (Å²) in [6, 6.07) is 5.76. The van der Waals surface area contributed by atoms with E-state index in [4.69, 9.17) is 5.84 Å². The molecule has 0 spiro atoms. The number of likely N-dealkylation sites (N-methyl/N-ethyl adjacent to an activating group) is 2. The summed E-state index contributed by atoms with van der Waals surface area (Å²) in [6.07, 6.45) is 0.875. The summed E-state index contributed by atoms with van der Waals surface area (Å²) in [4.78, 5) is 4.68. The van der Waals surface area contributed by atoms with Crippen LogP contribution in [0.4, 0.5) is 4.39 Å². The number of hydrazine groups is 1. The van der Waals surface area contributed by atoms with Crippen LogP contribution < -0.4 is 11.3 Å². The van der Waals surface area contributed by atoms with Crippen molar-refractivity contribution < 1.29 is 4.39 Å². The maximum Gasteiger partial charge on any atom is 0.126 e. The van der Waals surface area contributed by atoms with E-state index in [1.54, 1.807) is 13.0 Å². The molecule has 0 bridgehead atoms. The molecule has 1 saturated heterocycles. The molecule has 112 valence electrons. The monoisotopic (exact) mass is 280 g/mol. The molecule has 1 aliphatic heterocycles. The van der Waals surface area contributed by atoms with E-state index in [1.165, 1.54) is 0 Å². The van der Waals surface area contributed by atoms with Crippen LogP contribution in [0.5, 0.6) is 0 Å². The Bertz CT molecular complexity index is 451. The van der Waals surface area contributed by atoms with Crippen molar-refractivity contribution in [2.75, 3.05) is 33.7 Å². The predicted molar refractivity (Wildman–Crippen MR) is 79.7 cm³/mol. The van der Waals surface area contributed by atoms with Crippen molar-refractivity contribution in [3.05, 3.63) is 35.1 Å². The second-order valence-electron chi connectivity index (χ2n) is 5.86. The minimum absolute atomic E-state index is 0.0240. The van der Waals surface area contributed by atoms with Crippen LogP contribution in [-0.4, -0.2) is 49.6 Å². The highest BCUT2D eigenvalue weighted by molar-refractivity contribution is 5.26. The van der Waals surface area contributed by atoms with Crippen molar-refractivity contribution in [1.29, 1.82) is 0 Å². The first kappa shape index (κ1) is 15.4. The number of rotatable bonds is 4. The Labute approximate surface area is 120 Å². The van der Waals surface area contributed by atoms with Gasteiger partial charge >= 0.3 is 0 Å². The lowest BCUT2D eigenvalue weighted by Gasteiger charge is -2.39. The standard InChI is InChI=1S/C15H25FN4/c1-11-4-5-12(8-14(11)16)15(18-17)9-13-10-19(2)6-7-20(13)3/h4-5,8,13,15,18H,6-7,9-10,17H2,1-3H3. The third-order valence-corrected chi connectivity index (χ3v) is 4.29. The van der Waals surface area contributed by atoms with Gasteiger partial charge in [-0.3, -0.25) is 11.3 Å². The molecule has 0 aliphatic carbocycles. The average Bonchev–Trinajstić information content (AvgIpc) is 2.43. The number of nitrogens with zero attached hydrogens (tertiary/aromatic N) is 2. The van der Waals surface area contributed by atoms with Gasteiger partial charge in [0, 0.05) is 31.7 Å². The van der Waals surface area contributed by atoms with Gasteiger partial charge in [-0.1, -0.05) is 12.1 Å². The van der Waals surface area contributed by atoms with Gasteiger partial charge in [0.15, 0.2) is 0 Å². The molecule has 1 aliphatic rings. The minimum Gasteiger partial charge on any atom is -0.304 e. The van der Waals surface area contributed by atoms with Gasteiger partial charge < -0.3 is 9.80 Å². The molecule has 1 fully saturated rings. The fraction of sp³-hybridized carbons (Fsp3) is 0.600. The molecule has 2 rings (SSSR count). The molecule has 1 aromatic rings. The van der Waals surface area contributed by atoms with E-state index in [2.05, 4.69) is 29.3 Å². The maximum absolute atomic E-state index is 13.7. The van der Waals surface area contributed by atoms with Crippen LogP contribution in [0.1, 0.15) is 23.6 Å². The van der Waals surface area contributed by atoms with E-state index < -0.39 is 0 Å². The quantitative estimate of drug-likeness (QED) is 0.644. The van der Waals surface area contributed by atoms with Gasteiger partial charge in [0.1, 0.15) is 5.82 Å². The van der Waals surface area contributed by atoms with Crippen LogP contribution in [0.15, 0.2) is 18.2 Å². The van der Waals surface area contributed by atoms with Crippen LogP contribution in [0.3, 0.4) is 0 Å². The molecule has 5 heteroatoms. The molecule has 1 aromatic carbocycles. The first-order chi connectivity index (χ1) is 9.51. The van der Waals surface area contributed by atoms with Crippen LogP contribution in [0, 0.1) is 12.7 Å². The first-order valence-corrected chi connectivity index (χ1v) is 7.12. The number of benzene rings is 1. The molecule has 0 radical (unpaired) electrons. The van der Waals surface area contributed by atoms with Crippen molar-refractivity contribution in [2.45, 2.75) is 25.4 Å². The van der Waals surface area contributed by atoms with Crippen LogP contribution >= 0.6 is 0 Å². The fourth-order valence-corrected chi connectivity index (χ4v) is 2.75. The zero-order valence-corrected chi connectivity index (χ0v) is 12.6. The molecule has 0 saturated carbocycles. The van der Waals surface area contributed by atoms with Crippen molar-refractivity contribution in [3.8, 4) is 0 Å². The zero-order chi connectivity index (χ0) is 14.7. The van der Waals surface area contributed by atoms with Crippen molar-refractivity contribution in [2.24, 2.45) is 5.84 Å². The smallest absolute Gasteiger partial charge is 0.126 e. The molecular formula is C15H25FN4. The SMILES string of the molecule is Cc1ccc(C(CC2CN(C)CCN2C)NN)cc1F. The van der Waals surface area contributed by atoms with Crippen molar-refractivity contribution in [1.82, 2.24) is 15.2 Å². The summed E-state index contributed by atoms with van der Waals surface area (Å²) in [5, 5.41) is 0. The van der Waals surface area contributed by atoms with E-state index in [9.17, 15) is 4.39 Å². The van der Waals surface area contributed by atoms with Gasteiger partial charge in [0.2, 0.25) is 0 Å². The Balaban J connectivity index is 2.09. The lowest BCUT2D eigenvalue weighted by atomic mass is 9.97. The van der Waals surface area contributed by atoms with Gasteiger partial charge in [-0.25, -0.2) is 4.39 Å². The Morgan fingerprint density at radius 2 is 2.15 bits per heavy atom. The molecule has 3 N–H and O–H groups in total. The number of piperazine rings is 1. The third-order valence-electron chi connectivity index (χ3n) is 4.29. The number of nitrogens with two attached hydrogens (primary N) is 1. The van der Waals surface area contributed by atoms with Gasteiger partial charge in [0.25, 0.3) is 0 Å². The molecule has 1 heterocycles. The van der Waals surface area contributed by atoms with Gasteiger partial charge in [-0.2, -0.15) is 0 Å². The van der Waals surface area contributed by atoms with E-state index in [0.29, 0.717) is 11.6 Å². The maximum atomic E-state index is 13.7. The van der Waals surface area contributed by atoms with E-state index in [0.717, 1.165) is 31.6 Å². The summed E-state index contributed by atoms with van der Waals surface area (Å²) in [5.74, 6) is 5.52. The topological polar surface area (TPSA) is 44.5 Å². The van der Waals surface area contributed by atoms with Crippen LogP contribution in [-0.2, 0) is 0 Å². The summed E-state index contributed by atoms with van der Waals surface area (Å²) in [5.41, 5.74) is 4.42. The highest BCUT2D eigenvalue weighted by Gasteiger charge is 2.25. The molecule has 0 amide bonds. The van der Waals surface area contributed by atoms with Gasteiger partial charge in [-0.15, -0.1) is 0 Å². The first-order valence-electron chi connectivity index (χ1n) is 7.12. The van der Waals surface area contributed by atoms with Crippen molar-refractivity contribution in [3.63, 3.8) is 0 Å². The molecular weight excluding hydrogens is 255 g/mol. The Kier molecular flexibility index (Phi) is 5.10. The Morgan fingerprint density at radius 1 is 1.40 bits per heavy atom. The summed E-state index contributed by atoms with van der Waals surface area (Å²) in [6.45, 7) is 4.94. The van der Waals surface area contributed by atoms with E-state index >= 15 is 0 Å². The third kappa shape index (κ3) is 3.55. The van der Waals surface area contributed by atoms with Crippen LogP contribution in [0.25, 0.3) is 0 Å². The molecule has 20 heavy (non-hydrogen) atoms. The number of hydrogen-bond donors (Lipinski definition) is 2. The lowest BCUT2D eigenvalue weighted by molar-refractivity contribution is 0.101. The Hall–Kier alpha value is -1.01. The fourth-order valence-electron chi connectivity index (χ4n) is 2.75. The van der Waals surface area contributed by atoms with E-state index in [1.807, 2.05) is 12.1 Å². The average molecular weight is 280 g/mol. The largest absolute Gasteiger partial charge is 0.304 e. The summed E-state index contributed by atoms with van der Waals surface area (Å²) in [7, 11) is 4.28. The second kappa shape index (κ2) is 6.63. The number of aryl methyl sites for hydroxylation is 1. The highest BCUT2D eigenvalue weighted by Crippen LogP contribution is 2.23. The molecule has 0 aromatic heterocycles. The predicted octanol–water partition coefficient (Wildman–Crippen LogP) is 1.27. The van der Waals surface area contributed by atoms with Crippen molar-refractivity contribution >= 4 is 0 Å². The van der Waals surface area contributed by atoms with E-state index in [-0.39, 0.29) is 11.9 Å². The minimum atomic E-state index is -0.170. The molecule has 4 nitrogen and oxygen atoms in total. The summed E-state index contributed by atoms with van der Waals surface area (Å²) >= 11 is 0. The lowest BCUT2D eigenvalue weighted by Crippen LogP contribution is -2.51. The Morgan fingerprint density at radius 3 is 2.80 bits per heavy atom. The van der Waals surface area contributed by atoms with Gasteiger partial charge in [-0.05, 0) is 44.6 Å². The number of halogens is 1.